The van der Waals surface area contributed by atoms with Gasteiger partial charge in [0, 0.05) is 5.56 Å². The first-order valence-corrected chi connectivity index (χ1v) is 6.69. The number of aryl methyl sites for hydroxylation is 1. The average molecular weight is 285 g/mol. The van der Waals surface area contributed by atoms with Crippen molar-refractivity contribution in [3.05, 3.63) is 53.3 Å². The number of para-hydroxylation sites is 1. The Morgan fingerprint density at radius 2 is 2.10 bits per heavy atom. The normalized spacial score (nSPS) is 11.8. The number of amides is 1. The molecule has 0 aliphatic heterocycles. The standard InChI is InChI=1S/C16H19N3O2/c1-10-14(8-12(17)9-18-10)16(20)19-11(2)13-6-4-5-7-15(13)21-3/h4-9,11H,17H2,1-3H3,(H,19,20). The van der Waals surface area contributed by atoms with Crippen LogP contribution in [0.25, 0.3) is 0 Å². The summed E-state index contributed by atoms with van der Waals surface area (Å²) in [6.07, 6.45) is 1.54. The summed E-state index contributed by atoms with van der Waals surface area (Å²) < 4.78 is 5.31. The maximum absolute atomic E-state index is 12.4. The number of carbonyl (C=O) groups is 1. The Kier molecular flexibility index (Phi) is 4.42. The summed E-state index contributed by atoms with van der Waals surface area (Å²) in [5.74, 6) is 0.540. The molecule has 2 rings (SSSR count). The molecule has 0 spiro atoms. The van der Waals surface area contributed by atoms with Gasteiger partial charge in [-0.05, 0) is 26.0 Å². The molecule has 0 radical (unpaired) electrons. The van der Waals surface area contributed by atoms with Crippen molar-refractivity contribution < 1.29 is 9.53 Å². The van der Waals surface area contributed by atoms with E-state index in [0.717, 1.165) is 11.3 Å². The van der Waals surface area contributed by atoms with Crippen LogP contribution in [-0.4, -0.2) is 18.0 Å². The Bertz CT molecular complexity index is 656. The number of hydrogen-bond donors (Lipinski definition) is 2. The molecule has 0 fully saturated rings. The summed E-state index contributed by atoms with van der Waals surface area (Å²) in [6.45, 7) is 3.69. The number of rotatable bonds is 4. The van der Waals surface area contributed by atoms with Crippen LogP contribution in [0.2, 0.25) is 0 Å². The SMILES string of the molecule is COc1ccccc1C(C)NC(=O)c1cc(N)cnc1C. The first-order valence-electron chi connectivity index (χ1n) is 6.69. The fraction of sp³-hybridized carbons (Fsp3) is 0.250. The van der Waals surface area contributed by atoms with Gasteiger partial charge in [0.05, 0.1) is 36.3 Å². The molecule has 0 aliphatic rings. The second-order valence-corrected chi connectivity index (χ2v) is 4.84. The van der Waals surface area contributed by atoms with Gasteiger partial charge in [-0.3, -0.25) is 9.78 Å². The fourth-order valence-electron chi connectivity index (χ4n) is 2.16. The molecular weight excluding hydrogens is 266 g/mol. The van der Waals surface area contributed by atoms with E-state index in [1.165, 1.54) is 6.20 Å². The predicted molar refractivity (Wildman–Crippen MR) is 82.3 cm³/mol. The Balaban J connectivity index is 2.21. The van der Waals surface area contributed by atoms with E-state index in [-0.39, 0.29) is 11.9 Å². The van der Waals surface area contributed by atoms with Crippen molar-refractivity contribution >= 4 is 11.6 Å². The van der Waals surface area contributed by atoms with Gasteiger partial charge in [-0.2, -0.15) is 0 Å². The molecule has 1 aromatic carbocycles. The minimum absolute atomic E-state index is 0.186. The van der Waals surface area contributed by atoms with Gasteiger partial charge >= 0.3 is 0 Å². The Morgan fingerprint density at radius 1 is 1.38 bits per heavy atom. The van der Waals surface area contributed by atoms with Crippen LogP contribution in [0, 0.1) is 6.92 Å². The Labute approximate surface area is 124 Å². The zero-order chi connectivity index (χ0) is 15.4. The van der Waals surface area contributed by atoms with E-state index in [9.17, 15) is 4.79 Å². The molecule has 1 heterocycles. The zero-order valence-electron chi connectivity index (χ0n) is 12.4. The lowest BCUT2D eigenvalue weighted by atomic mass is 10.1. The number of nitrogens with two attached hydrogens (primary N) is 1. The first kappa shape index (κ1) is 14.8. The van der Waals surface area contributed by atoms with Crippen LogP contribution < -0.4 is 15.8 Å². The lowest BCUT2D eigenvalue weighted by molar-refractivity contribution is 0.0938. The van der Waals surface area contributed by atoms with Gasteiger partial charge in [-0.25, -0.2) is 0 Å². The summed E-state index contributed by atoms with van der Waals surface area (Å²) in [6, 6.07) is 9.04. The average Bonchev–Trinajstić information content (AvgIpc) is 2.49. The molecule has 1 unspecified atom stereocenters. The lowest BCUT2D eigenvalue weighted by Gasteiger charge is -2.17. The number of nitrogens with zero attached hydrogens (tertiary/aromatic N) is 1. The van der Waals surface area contributed by atoms with Crippen LogP contribution >= 0.6 is 0 Å². The molecule has 0 bridgehead atoms. The fourth-order valence-corrected chi connectivity index (χ4v) is 2.16. The molecule has 1 aromatic heterocycles. The van der Waals surface area contributed by atoms with Gasteiger partial charge in [0.25, 0.3) is 5.91 Å². The quantitative estimate of drug-likeness (QED) is 0.904. The minimum atomic E-state index is -0.203. The highest BCUT2D eigenvalue weighted by Gasteiger charge is 2.16. The number of hydrogen-bond acceptors (Lipinski definition) is 4. The summed E-state index contributed by atoms with van der Waals surface area (Å²) in [4.78, 5) is 16.5. The largest absolute Gasteiger partial charge is 0.496 e. The van der Waals surface area contributed by atoms with Gasteiger partial charge in [0.2, 0.25) is 0 Å². The van der Waals surface area contributed by atoms with Crippen molar-refractivity contribution in [1.29, 1.82) is 0 Å². The molecule has 0 saturated heterocycles. The van der Waals surface area contributed by atoms with Crippen molar-refractivity contribution in [3.8, 4) is 5.75 Å². The van der Waals surface area contributed by atoms with Crippen LogP contribution in [0.5, 0.6) is 5.75 Å². The van der Waals surface area contributed by atoms with E-state index in [4.69, 9.17) is 10.5 Å². The van der Waals surface area contributed by atoms with Crippen LogP contribution in [0.3, 0.4) is 0 Å². The number of ether oxygens (including phenoxy) is 1. The third-order valence-corrected chi connectivity index (χ3v) is 3.31. The molecule has 1 atom stereocenters. The third kappa shape index (κ3) is 3.31. The number of pyridine rings is 1. The van der Waals surface area contributed by atoms with Gasteiger partial charge in [-0.15, -0.1) is 0 Å². The highest BCUT2D eigenvalue weighted by atomic mass is 16.5. The maximum atomic E-state index is 12.4. The van der Waals surface area contributed by atoms with E-state index < -0.39 is 0 Å². The Morgan fingerprint density at radius 3 is 2.81 bits per heavy atom. The number of methoxy groups -OCH3 is 1. The minimum Gasteiger partial charge on any atom is -0.496 e. The molecule has 3 N–H and O–H groups in total. The van der Waals surface area contributed by atoms with Crippen LogP contribution in [0.15, 0.2) is 36.5 Å². The number of carbonyl (C=O) groups excluding carboxylic acids is 1. The van der Waals surface area contributed by atoms with Crippen molar-refractivity contribution in [1.82, 2.24) is 10.3 Å². The molecule has 5 heteroatoms. The van der Waals surface area contributed by atoms with Gasteiger partial charge in [-0.1, -0.05) is 18.2 Å². The number of nitrogen functional groups attached to an aromatic ring is 1. The highest BCUT2D eigenvalue weighted by molar-refractivity contribution is 5.96. The number of benzene rings is 1. The van der Waals surface area contributed by atoms with Crippen LogP contribution in [0.4, 0.5) is 5.69 Å². The van der Waals surface area contributed by atoms with E-state index in [1.807, 2.05) is 31.2 Å². The van der Waals surface area contributed by atoms with Gasteiger partial charge < -0.3 is 15.8 Å². The molecule has 5 nitrogen and oxygen atoms in total. The summed E-state index contributed by atoms with van der Waals surface area (Å²) in [5.41, 5.74) is 8.21. The number of anilines is 1. The second kappa shape index (κ2) is 6.26. The second-order valence-electron chi connectivity index (χ2n) is 4.84. The number of nitrogens with one attached hydrogen (secondary N) is 1. The predicted octanol–water partition coefficient (Wildman–Crippen LogP) is 2.47. The van der Waals surface area contributed by atoms with Crippen molar-refractivity contribution in [2.45, 2.75) is 19.9 Å². The van der Waals surface area contributed by atoms with Crippen molar-refractivity contribution in [2.75, 3.05) is 12.8 Å². The van der Waals surface area contributed by atoms with E-state index >= 15 is 0 Å². The lowest BCUT2D eigenvalue weighted by Crippen LogP contribution is -2.27. The molecule has 110 valence electrons. The summed E-state index contributed by atoms with van der Waals surface area (Å²) >= 11 is 0. The Hall–Kier alpha value is -2.56. The van der Waals surface area contributed by atoms with E-state index in [1.54, 1.807) is 20.1 Å². The summed E-state index contributed by atoms with van der Waals surface area (Å²) in [5, 5.41) is 2.94. The van der Waals surface area contributed by atoms with Gasteiger partial charge in [0.15, 0.2) is 0 Å². The smallest absolute Gasteiger partial charge is 0.253 e. The van der Waals surface area contributed by atoms with Crippen LogP contribution in [0.1, 0.15) is 34.6 Å². The van der Waals surface area contributed by atoms with Gasteiger partial charge in [0.1, 0.15) is 5.75 Å². The van der Waals surface area contributed by atoms with Crippen molar-refractivity contribution in [2.24, 2.45) is 0 Å². The summed E-state index contributed by atoms with van der Waals surface area (Å²) in [7, 11) is 1.61. The number of aromatic nitrogens is 1. The molecule has 0 aliphatic carbocycles. The monoisotopic (exact) mass is 285 g/mol. The first-order chi connectivity index (χ1) is 10.0. The molecule has 2 aromatic rings. The van der Waals surface area contributed by atoms with Crippen LogP contribution in [-0.2, 0) is 0 Å². The molecule has 0 saturated carbocycles. The third-order valence-electron chi connectivity index (χ3n) is 3.31. The van der Waals surface area contributed by atoms with Crippen molar-refractivity contribution in [3.63, 3.8) is 0 Å². The van der Waals surface area contributed by atoms with E-state index in [0.29, 0.717) is 16.9 Å². The zero-order valence-corrected chi connectivity index (χ0v) is 12.4. The molecular formula is C16H19N3O2. The van der Waals surface area contributed by atoms with E-state index in [2.05, 4.69) is 10.3 Å². The highest BCUT2D eigenvalue weighted by Crippen LogP contribution is 2.24. The topological polar surface area (TPSA) is 77.2 Å². The maximum Gasteiger partial charge on any atom is 0.253 e. The molecule has 21 heavy (non-hydrogen) atoms. The molecule has 1 amide bonds.